The van der Waals surface area contributed by atoms with E-state index < -0.39 is 0 Å². The van der Waals surface area contributed by atoms with Crippen molar-refractivity contribution in [3.8, 4) is 11.5 Å². The summed E-state index contributed by atoms with van der Waals surface area (Å²) in [7, 11) is 0. The van der Waals surface area contributed by atoms with E-state index in [4.69, 9.17) is 4.74 Å². The van der Waals surface area contributed by atoms with Crippen molar-refractivity contribution in [3.05, 3.63) is 23.3 Å². The first-order valence-corrected chi connectivity index (χ1v) is 17.0. The predicted molar refractivity (Wildman–Crippen MR) is 165 cm³/mol. The van der Waals surface area contributed by atoms with E-state index in [0.29, 0.717) is 17.6 Å². The van der Waals surface area contributed by atoms with Gasteiger partial charge in [0.25, 0.3) is 0 Å². The van der Waals surface area contributed by atoms with Crippen molar-refractivity contribution >= 4 is 0 Å². The molecule has 38 heavy (non-hydrogen) atoms. The van der Waals surface area contributed by atoms with Gasteiger partial charge in [-0.3, -0.25) is 0 Å². The lowest BCUT2D eigenvalue weighted by molar-refractivity contribution is -0.0145. The number of benzene rings is 1. The number of aryl methyl sites for hydroxylation is 1. The van der Waals surface area contributed by atoms with Crippen LogP contribution in [0.25, 0.3) is 0 Å². The van der Waals surface area contributed by atoms with Gasteiger partial charge in [-0.15, -0.1) is 0 Å². The molecule has 1 fully saturated rings. The Kier molecular flexibility index (Phi) is 13.9. The highest BCUT2D eigenvalue weighted by Gasteiger charge is 2.47. The van der Waals surface area contributed by atoms with Crippen LogP contribution in [0.3, 0.4) is 0 Å². The topological polar surface area (TPSA) is 29.5 Å². The summed E-state index contributed by atoms with van der Waals surface area (Å²) in [5.74, 6) is 3.13. The predicted octanol–water partition coefficient (Wildman–Crippen LogP) is 11.7. The second-order valence-corrected chi connectivity index (χ2v) is 13.6. The number of phenols is 1. The minimum absolute atomic E-state index is 0.142. The van der Waals surface area contributed by atoms with Gasteiger partial charge in [-0.2, -0.15) is 0 Å². The molecule has 3 atom stereocenters. The van der Waals surface area contributed by atoms with E-state index in [2.05, 4.69) is 33.8 Å². The SMILES string of the molecule is CCCCCCCCCCCCCCCCCCCCc1cc(O)c2c(c1)OC(C)(C)[C@@H]1CCC(C)C[C@H]21. The van der Waals surface area contributed by atoms with Gasteiger partial charge >= 0.3 is 0 Å². The Morgan fingerprint density at radius 3 is 1.76 bits per heavy atom. The zero-order valence-corrected chi connectivity index (χ0v) is 25.8. The maximum Gasteiger partial charge on any atom is 0.127 e. The Bertz CT molecular complexity index is 782. The van der Waals surface area contributed by atoms with Crippen LogP contribution in [0.15, 0.2) is 12.1 Å². The van der Waals surface area contributed by atoms with Crippen molar-refractivity contribution in [2.75, 3.05) is 0 Å². The molecule has 1 saturated carbocycles. The Morgan fingerprint density at radius 2 is 1.24 bits per heavy atom. The van der Waals surface area contributed by atoms with E-state index in [9.17, 15) is 5.11 Å². The summed E-state index contributed by atoms with van der Waals surface area (Å²) in [6, 6.07) is 4.30. The minimum atomic E-state index is -0.142. The molecule has 3 rings (SSSR count). The number of unbranched alkanes of at least 4 members (excludes halogenated alkanes) is 17. The smallest absolute Gasteiger partial charge is 0.127 e. The molecule has 1 aliphatic heterocycles. The summed E-state index contributed by atoms with van der Waals surface area (Å²) in [5.41, 5.74) is 2.20. The van der Waals surface area contributed by atoms with Gasteiger partial charge in [-0.1, -0.05) is 129 Å². The summed E-state index contributed by atoms with van der Waals surface area (Å²) in [5, 5.41) is 11.0. The number of phenolic OH excluding ortho intramolecular Hbond substituents is 1. The molecule has 2 aliphatic rings. The summed E-state index contributed by atoms with van der Waals surface area (Å²) in [6.45, 7) is 9.17. The number of hydrogen-bond acceptors (Lipinski definition) is 2. The molecule has 0 saturated heterocycles. The van der Waals surface area contributed by atoms with Gasteiger partial charge in [0.2, 0.25) is 0 Å². The van der Waals surface area contributed by atoms with Crippen LogP contribution < -0.4 is 4.74 Å². The first-order valence-electron chi connectivity index (χ1n) is 17.0. The fraction of sp³-hybridized carbons (Fsp3) is 0.833. The second-order valence-electron chi connectivity index (χ2n) is 13.6. The normalized spacial score (nSPS) is 22.1. The van der Waals surface area contributed by atoms with Gasteiger partial charge in [0.05, 0.1) is 0 Å². The monoisotopic (exact) mass is 526 g/mol. The third kappa shape index (κ3) is 10.1. The maximum absolute atomic E-state index is 11.0. The van der Waals surface area contributed by atoms with Crippen LogP contribution in [0.4, 0.5) is 0 Å². The van der Waals surface area contributed by atoms with Crippen LogP contribution in [0.5, 0.6) is 11.5 Å². The Labute approximate surface area is 236 Å². The molecule has 218 valence electrons. The van der Waals surface area contributed by atoms with E-state index in [1.807, 2.05) is 6.07 Å². The quantitative estimate of drug-likeness (QED) is 0.182. The first kappa shape index (κ1) is 31.3. The fourth-order valence-electron chi connectivity index (χ4n) is 7.39. The molecule has 2 nitrogen and oxygen atoms in total. The Hall–Kier alpha value is -1.18. The zero-order valence-electron chi connectivity index (χ0n) is 25.8. The van der Waals surface area contributed by atoms with Crippen molar-refractivity contribution < 1.29 is 9.84 Å². The highest BCUT2D eigenvalue weighted by molar-refractivity contribution is 5.52. The maximum atomic E-state index is 11.0. The average Bonchev–Trinajstić information content (AvgIpc) is 2.87. The molecule has 1 aromatic rings. The van der Waals surface area contributed by atoms with Crippen molar-refractivity contribution in [3.63, 3.8) is 0 Å². The lowest BCUT2D eigenvalue weighted by atomic mass is 9.64. The third-order valence-corrected chi connectivity index (χ3v) is 9.75. The van der Waals surface area contributed by atoms with Gasteiger partial charge in [0.1, 0.15) is 17.1 Å². The van der Waals surface area contributed by atoms with Gasteiger partial charge in [0, 0.05) is 11.5 Å². The van der Waals surface area contributed by atoms with Gasteiger partial charge in [0.15, 0.2) is 0 Å². The van der Waals surface area contributed by atoms with Crippen molar-refractivity contribution in [1.82, 2.24) is 0 Å². The second kappa shape index (κ2) is 16.8. The van der Waals surface area contributed by atoms with Crippen LogP contribution in [0.2, 0.25) is 0 Å². The molecular weight excluding hydrogens is 464 g/mol. The van der Waals surface area contributed by atoms with Crippen molar-refractivity contribution in [1.29, 1.82) is 0 Å². The molecule has 0 aromatic heterocycles. The van der Waals surface area contributed by atoms with Crippen LogP contribution >= 0.6 is 0 Å². The Balaban J connectivity index is 1.22. The number of fused-ring (bicyclic) bond motifs is 3. The fourth-order valence-corrected chi connectivity index (χ4v) is 7.39. The van der Waals surface area contributed by atoms with E-state index in [1.165, 1.54) is 140 Å². The van der Waals surface area contributed by atoms with E-state index in [1.54, 1.807) is 0 Å². The lowest BCUT2D eigenvalue weighted by Crippen LogP contribution is -2.46. The van der Waals surface area contributed by atoms with Gasteiger partial charge < -0.3 is 9.84 Å². The van der Waals surface area contributed by atoms with Crippen molar-refractivity contribution in [2.24, 2.45) is 11.8 Å². The molecule has 0 amide bonds. The largest absolute Gasteiger partial charge is 0.508 e. The molecule has 1 heterocycles. The first-order chi connectivity index (χ1) is 18.4. The molecule has 0 spiro atoms. The minimum Gasteiger partial charge on any atom is -0.508 e. The molecule has 2 heteroatoms. The van der Waals surface area contributed by atoms with E-state index >= 15 is 0 Å². The molecular formula is C36H62O2. The molecule has 0 bridgehead atoms. The standard InChI is InChI=1S/C36H62O2/c1-5-6-7-8-9-10-11-12-13-14-15-16-17-18-19-20-21-22-23-30-27-33(37)35-31-26-29(2)24-25-32(31)36(3,4)38-34(35)28-30/h27-29,31-32,37H,5-26H2,1-4H3/t29?,31-,32+/m0/s1. The number of aromatic hydroxyl groups is 1. The van der Waals surface area contributed by atoms with Crippen LogP contribution in [0, 0.1) is 11.8 Å². The molecule has 1 N–H and O–H groups in total. The molecule has 1 unspecified atom stereocenters. The summed E-state index contributed by atoms with van der Waals surface area (Å²) in [4.78, 5) is 0. The lowest BCUT2D eigenvalue weighted by Gasteiger charge is -2.48. The van der Waals surface area contributed by atoms with Gasteiger partial charge in [-0.25, -0.2) is 0 Å². The highest BCUT2D eigenvalue weighted by atomic mass is 16.5. The third-order valence-electron chi connectivity index (χ3n) is 9.75. The van der Waals surface area contributed by atoms with Gasteiger partial charge in [-0.05, 0) is 69.1 Å². The van der Waals surface area contributed by atoms with E-state index in [-0.39, 0.29) is 5.60 Å². The molecule has 0 radical (unpaired) electrons. The number of rotatable bonds is 19. The van der Waals surface area contributed by atoms with Crippen LogP contribution in [0.1, 0.15) is 180 Å². The van der Waals surface area contributed by atoms with Crippen LogP contribution in [-0.2, 0) is 6.42 Å². The highest BCUT2D eigenvalue weighted by Crippen LogP contribution is 2.55. The molecule has 1 aliphatic carbocycles. The molecule has 1 aromatic carbocycles. The number of hydrogen-bond donors (Lipinski definition) is 1. The van der Waals surface area contributed by atoms with Crippen LogP contribution in [-0.4, -0.2) is 10.7 Å². The number of ether oxygens (including phenoxy) is 1. The summed E-state index contributed by atoms with van der Waals surface area (Å²) in [6.07, 6.45) is 30.1. The average molecular weight is 527 g/mol. The van der Waals surface area contributed by atoms with E-state index in [0.717, 1.165) is 23.7 Å². The summed E-state index contributed by atoms with van der Waals surface area (Å²) < 4.78 is 6.53. The summed E-state index contributed by atoms with van der Waals surface area (Å²) >= 11 is 0. The Morgan fingerprint density at radius 1 is 0.737 bits per heavy atom. The zero-order chi connectivity index (χ0) is 27.2. The van der Waals surface area contributed by atoms with Crippen molar-refractivity contribution in [2.45, 2.75) is 180 Å².